The van der Waals surface area contributed by atoms with Crippen LogP contribution in [0.5, 0.6) is 0 Å². The summed E-state index contributed by atoms with van der Waals surface area (Å²) in [5.74, 6) is 1.96. The Hall–Kier alpha value is -6.13. The molecule has 0 aliphatic heterocycles. The molecule has 1 aliphatic carbocycles. The summed E-state index contributed by atoms with van der Waals surface area (Å²) < 4.78 is 2.48. The van der Waals surface area contributed by atoms with Crippen molar-refractivity contribution in [1.82, 2.24) is 19.5 Å². The molecule has 7 aromatic carbocycles. The molecule has 4 heteroatoms. The van der Waals surface area contributed by atoms with Crippen LogP contribution in [0.25, 0.3) is 83.2 Å². The van der Waals surface area contributed by atoms with Crippen LogP contribution in [0.4, 0.5) is 0 Å². The number of fused-ring (bicyclic) bond motifs is 7. The Kier molecular flexibility index (Phi) is 6.97. The van der Waals surface area contributed by atoms with E-state index in [9.17, 15) is 0 Å². The van der Waals surface area contributed by atoms with Crippen molar-refractivity contribution in [1.29, 1.82) is 0 Å². The minimum atomic E-state index is 0.0854. The van der Waals surface area contributed by atoms with Gasteiger partial charge in [-0.05, 0) is 81.3 Å². The number of aromatic nitrogens is 4. The van der Waals surface area contributed by atoms with Gasteiger partial charge < -0.3 is 4.57 Å². The van der Waals surface area contributed by atoms with Gasteiger partial charge >= 0.3 is 0 Å². The molecule has 2 heterocycles. The normalized spacial score (nSPS) is 14.9. The lowest BCUT2D eigenvalue weighted by atomic mass is 9.63. The van der Waals surface area contributed by atoms with Crippen molar-refractivity contribution >= 4 is 43.4 Å². The first-order valence-electron chi connectivity index (χ1n) is 18.7. The van der Waals surface area contributed by atoms with Gasteiger partial charge in [-0.15, -0.1) is 0 Å². The molecule has 0 N–H and O–H groups in total. The van der Waals surface area contributed by atoms with Crippen LogP contribution in [0.3, 0.4) is 0 Å². The fourth-order valence-electron chi connectivity index (χ4n) is 8.57. The Morgan fingerprint density at radius 1 is 0.434 bits per heavy atom. The molecule has 10 rings (SSSR count). The molecule has 0 fully saturated rings. The van der Waals surface area contributed by atoms with E-state index in [2.05, 4.69) is 160 Å². The Balaban J connectivity index is 1.23. The van der Waals surface area contributed by atoms with Gasteiger partial charge in [0, 0.05) is 38.5 Å². The first-order chi connectivity index (χ1) is 25.7. The van der Waals surface area contributed by atoms with Gasteiger partial charge in [-0.3, -0.25) is 0 Å². The smallest absolute Gasteiger partial charge is 0.164 e. The minimum Gasteiger partial charge on any atom is -0.309 e. The van der Waals surface area contributed by atoms with E-state index in [-0.39, 0.29) is 10.8 Å². The lowest BCUT2D eigenvalue weighted by Crippen LogP contribution is -2.33. The molecule has 0 saturated heterocycles. The monoisotopic (exact) mass is 684 g/mol. The average molecular weight is 685 g/mol. The van der Waals surface area contributed by atoms with E-state index in [4.69, 9.17) is 15.0 Å². The van der Waals surface area contributed by atoms with Crippen LogP contribution in [-0.2, 0) is 10.8 Å². The fourth-order valence-corrected chi connectivity index (χ4v) is 8.57. The average Bonchev–Trinajstić information content (AvgIpc) is 3.53. The Labute approximate surface area is 309 Å². The quantitative estimate of drug-likeness (QED) is 0.185. The molecular formula is C49H40N4. The maximum absolute atomic E-state index is 5.16. The summed E-state index contributed by atoms with van der Waals surface area (Å²) in [6.07, 6.45) is 2.35. The summed E-state index contributed by atoms with van der Waals surface area (Å²) in [6, 6.07) is 52.2. The van der Waals surface area contributed by atoms with E-state index in [1.54, 1.807) is 0 Å². The first-order valence-corrected chi connectivity index (χ1v) is 18.7. The molecule has 2 aromatic heterocycles. The Bertz CT molecular complexity index is 2900. The lowest BCUT2D eigenvalue weighted by Gasteiger charge is -2.42. The zero-order valence-electron chi connectivity index (χ0n) is 30.6. The highest BCUT2D eigenvalue weighted by Crippen LogP contribution is 2.49. The Morgan fingerprint density at radius 2 is 1.02 bits per heavy atom. The highest BCUT2D eigenvalue weighted by Gasteiger charge is 2.38. The number of hydrogen-bond acceptors (Lipinski definition) is 3. The van der Waals surface area contributed by atoms with Gasteiger partial charge in [0.1, 0.15) is 0 Å². The lowest BCUT2D eigenvalue weighted by molar-refractivity contribution is 0.332. The summed E-state index contributed by atoms with van der Waals surface area (Å²) in [5, 5.41) is 7.39. The van der Waals surface area contributed by atoms with Crippen LogP contribution in [-0.4, -0.2) is 19.5 Å². The summed E-state index contributed by atoms with van der Waals surface area (Å²) in [4.78, 5) is 15.3. The van der Waals surface area contributed by atoms with Gasteiger partial charge in [0.2, 0.25) is 0 Å². The van der Waals surface area contributed by atoms with Crippen molar-refractivity contribution < 1.29 is 0 Å². The molecular weight excluding hydrogens is 645 g/mol. The molecule has 0 spiro atoms. The highest BCUT2D eigenvalue weighted by molar-refractivity contribution is 6.19. The summed E-state index contributed by atoms with van der Waals surface area (Å²) in [5.41, 5.74) is 9.53. The van der Waals surface area contributed by atoms with Gasteiger partial charge in [-0.2, -0.15) is 0 Å². The summed E-state index contributed by atoms with van der Waals surface area (Å²) >= 11 is 0. The topological polar surface area (TPSA) is 43.6 Å². The molecule has 9 aromatic rings. The standard InChI is InChI=1S/C49H40N4/c1-48(2)25-26-49(3,4)42-30-43-40(29-41(42)48)39-24-23-32-14-10-11-20-38(32)44(39)53(43)37-19-12-18-35(28-37)46-50-45(33-15-6-5-7-16-33)51-47(52-46)36-22-21-31-13-8-9-17-34(31)27-36/h5-24,27-30H,25-26H2,1-4H3. The molecule has 256 valence electrons. The second-order valence-electron chi connectivity index (χ2n) is 16.0. The van der Waals surface area contributed by atoms with Crippen molar-refractivity contribution in [2.24, 2.45) is 0 Å². The van der Waals surface area contributed by atoms with Crippen LogP contribution in [0, 0.1) is 0 Å². The second kappa shape index (κ2) is 11.7. The molecule has 0 atom stereocenters. The van der Waals surface area contributed by atoms with Gasteiger partial charge in [0.15, 0.2) is 17.5 Å². The fraction of sp³-hybridized carbons (Fsp3) is 0.163. The molecule has 0 unspecified atom stereocenters. The molecule has 0 radical (unpaired) electrons. The molecule has 53 heavy (non-hydrogen) atoms. The zero-order valence-corrected chi connectivity index (χ0v) is 30.6. The summed E-state index contributed by atoms with van der Waals surface area (Å²) in [7, 11) is 0. The molecule has 0 saturated carbocycles. The third-order valence-corrected chi connectivity index (χ3v) is 11.7. The van der Waals surface area contributed by atoms with Gasteiger partial charge in [-0.25, -0.2) is 15.0 Å². The third kappa shape index (κ3) is 5.15. The number of nitrogens with zero attached hydrogens (tertiary/aromatic N) is 4. The largest absolute Gasteiger partial charge is 0.309 e. The molecule has 1 aliphatic rings. The third-order valence-electron chi connectivity index (χ3n) is 11.7. The molecule has 0 bridgehead atoms. The molecule has 4 nitrogen and oxygen atoms in total. The first kappa shape index (κ1) is 31.6. The van der Waals surface area contributed by atoms with E-state index in [1.807, 2.05) is 18.2 Å². The highest BCUT2D eigenvalue weighted by atomic mass is 15.0. The maximum Gasteiger partial charge on any atom is 0.164 e. The van der Waals surface area contributed by atoms with Crippen LogP contribution in [0.1, 0.15) is 51.7 Å². The summed E-state index contributed by atoms with van der Waals surface area (Å²) in [6.45, 7) is 9.65. The number of hydrogen-bond donors (Lipinski definition) is 0. The minimum absolute atomic E-state index is 0.0854. The van der Waals surface area contributed by atoms with Crippen LogP contribution < -0.4 is 0 Å². The number of benzene rings is 7. The Morgan fingerprint density at radius 3 is 1.77 bits per heavy atom. The van der Waals surface area contributed by atoms with Gasteiger partial charge in [-0.1, -0.05) is 143 Å². The van der Waals surface area contributed by atoms with Gasteiger partial charge in [0.05, 0.1) is 11.0 Å². The van der Waals surface area contributed by atoms with E-state index in [1.165, 1.54) is 61.9 Å². The van der Waals surface area contributed by atoms with Crippen molar-refractivity contribution in [3.63, 3.8) is 0 Å². The van der Waals surface area contributed by atoms with Crippen molar-refractivity contribution in [2.45, 2.75) is 51.4 Å². The maximum atomic E-state index is 5.16. The predicted octanol–water partition coefficient (Wildman–Crippen LogP) is 12.6. The van der Waals surface area contributed by atoms with Crippen LogP contribution in [0.2, 0.25) is 0 Å². The van der Waals surface area contributed by atoms with Crippen molar-refractivity contribution in [3.05, 3.63) is 157 Å². The SMILES string of the molecule is CC1(C)CCC(C)(C)c2cc3c(cc21)c1ccc2ccccc2c1n3-c1cccc(-c2nc(-c3ccccc3)nc(-c3ccc4ccccc4c3)n2)c1. The van der Waals surface area contributed by atoms with E-state index >= 15 is 0 Å². The van der Waals surface area contributed by atoms with E-state index in [0.29, 0.717) is 17.5 Å². The van der Waals surface area contributed by atoms with Crippen molar-refractivity contribution in [3.8, 4) is 39.9 Å². The van der Waals surface area contributed by atoms with Crippen molar-refractivity contribution in [2.75, 3.05) is 0 Å². The predicted molar refractivity (Wildman–Crippen MR) is 221 cm³/mol. The van der Waals surface area contributed by atoms with Crippen LogP contribution >= 0.6 is 0 Å². The zero-order chi connectivity index (χ0) is 35.9. The second-order valence-corrected chi connectivity index (χ2v) is 16.0. The van der Waals surface area contributed by atoms with E-state index in [0.717, 1.165) is 27.8 Å². The van der Waals surface area contributed by atoms with Crippen LogP contribution in [0.15, 0.2) is 146 Å². The van der Waals surface area contributed by atoms with E-state index < -0.39 is 0 Å². The van der Waals surface area contributed by atoms with Gasteiger partial charge in [0.25, 0.3) is 0 Å². The number of rotatable bonds is 4. The molecule has 0 amide bonds.